The maximum atomic E-state index is 6.49. The molecule has 2 aliphatic carbocycles. The fourth-order valence-electron chi connectivity index (χ4n) is 7.46. The van der Waals surface area contributed by atoms with Gasteiger partial charge in [0, 0.05) is 11.1 Å². The number of furan rings is 1. The van der Waals surface area contributed by atoms with E-state index in [0.29, 0.717) is 5.92 Å². The van der Waals surface area contributed by atoms with Crippen molar-refractivity contribution >= 4 is 43.4 Å². The van der Waals surface area contributed by atoms with E-state index in [0.717, 1.165) is 11.5 Å². The Kier molecular flexibility index (Phi) is 6.63. The van der Waals surface area contributed by atoms with E-state index in [1.165, 1.54) is 43.4 Å². The first-order chi connectivity index (χ1) is 19.1. The zero-order chi connectivity index (χ0) is 28.2. The van der Waals surface area contributed by atoms with Crippen LogP contribution in [0.1, 0.15) is 49.0 Å². The number of benzene rings is 3. The summed E-state index contributed by atoms with van der Waals surface area (Å²) < 4.78 is 6.49. The molecule has 0 spiro atoms. The summed E-state index contributed by atoms with van der Waals surface area (Å²) in [6, 6.07) is 34.4. The van der Waals surface area contributed by atoms with Crippen molar-refractivity contribution in [3.05, 3.63) is 136 Å². The van der Waals surface area contributed by atoms with Crippen molar-refractivity contribution in [1.82, 2.24) is 0 Å². The van der Waals surface area contributed by atoms with Crippen molar-refractivity contribution in [1.29, 1.82) is 0 Å². The second kappa shape index (κ2) is 9.90. The van der Waals surface area contributed by atoms with Crippen LogP contribution in [0, 0.1) is 12.8 Å². The molecule has 202 valence electrons. The van der Waals surface area contributed by atoms with Crippen LogP contribution in [0.2, 0.25) is 19.6 Å². The lowest BCUT2D eigenvalue weighted by Gasteiger charge is -2.44. The van der Waals surface area contributed by atoms with Gasteiger partial charge >= 0.3 is 0 Å². The van der Waals surface area contributed by atoms with Crippen LogP contribution in [0.25, 0.3) is 11.6 Å². The standard InChI is InChI=1S/C37H40OSi2/c1-25-23-26(2)36(28(25)4)40(29-15-10-8-11-16-29,30-17-12-9-13-18-30)37-31-19-14-20-35(39(5,6)7)32(31)24-33(37)34-22-21-27(3)38-34/h8-24,28,37H,1-7H3. The molecule has 0 N–H and O–H groups in total. The van der Waals surface area contributed by atoms with Crippen LogP contribution >= 0.6 is 0 Å². The molecule has 4 aromatic rings. The summed E-state index contributed by atoms with van der Waals surface area (Å²) in [5, 5.41) is 6.11. The molecule has 6 rings (SSSR count). The molecule has 2 atom stereocenters. The molecule has 0 saturated heterocycles. The van der Waals surface area contributed by atoms with E-state index in [2.05, 4.69) is 150 Å². The molecule has 1 nitrogen and oxygen atoms in total. The van der Waals surface area contributed by atoms with Crippen molar-refractivity contribution < 1.29 is 4.42 Å². The topological polar surface area (TPSA) is 13.1 Å². The Morgan fingerprint density at radius 2 is 1.30 bits per heavy atom. The molecule has 2 unspecified atom stereocenters. The van der Waals surface area contributed by atoms with Gasteiger partial charge in [-0.15, -0.1) is 0 Å². The molecule has 2 aliphatic rings. The molecule has 0 saturated carbocycles. The largest absolute Gasteiger partial charge is 0.462 e. The second-order valence-corrected chi connectivity index (χ2v) is 21.7. The highest BCUT2D eigenvalue weighted by Gasteiger charge is 2.55. The van der Waals surface area contributed by atoms with Gasteiger partial charge in [0.05, 0.1) is 8.07 Å². The Balaban J connectivity index is 1.79. The van der Waals surface area contributed by atoms with Crippen molar-refractivity contribution in [2.45, 2.75) is 52.9 Å². The molecule has 3 aromatic carbocycles. The van der Waals surface area contributed by atoms with Crippen molar-refractivity contribution in [2.75, 3.05) is 0 Å². The molecule has 0 bridgehead atoms. The van der Waals surface area contributed by atoms with Crippen LogP contribution < -0.4 is 15.6 Å². The average Bonchev–Trinajstić information content (AvgIpc) is 3.61. The van der Waals surface area contributed by atoms with Gasteiger partial charge in [0.2, 0.25) is 0 Å². The van der Waals surface area contributed by atoms with E-state index < -0.39 is 16.1 Å². The summed E-state index contributed by atoms with van der Waals surface area (Å²) in [7, 11) is -4.32. The number of fused-ring (bicyclic) bond motifs is 1. The molecule has 0 radical (unpaired) electrons. The Hall–Kier alpha value is -3.41. The molecule has 0 fully saturated rings. The summed E-state index contributed by atoms with van der Waals surface area (Å²) >= 11 is 0. The Morgan fingerprint density at radius 3 is 1.80 bits per heavy atom. The van der Waals surface area contributed by atoms with Crippen LogP contribution in [-0.4, -0.2) is 16.1 Å². The van der Waals surface area contributed by atoms with E-state index in [-0.39, 0.29) is 5.54 Å². The molecule has 1 heterocycles. The zero-order valence-corrected chi connectivity index (χ0v) is 26.9. The Labute approximate surface area is 242 Å². The average molecular weight is 557 g/mol. The van der Waals surface area contributed by atoms with E-state index in [1.807, 2.05) is 0 Å². The van der Waals surface area contributed by atoms with Crippen molar-refractivity contribution in [2.24, 2.45) is 5.92 Å². The SMILES string of the molecule is CC1=CC(C)=C([Si](c2ccccc2)(c2ccccc2)C2C(c3ccc(C)o3)=Cc3c2cccc3[Si](C)(C)C)C1C. The molecule has 0 amide bonds. The quantitative estimate of drug-likeness (QED) is 0.219. The maximum Gasteiger partial charge on any atom is 0.156 e. The molecule has 0 aliphatic heterocycles. The molecular formula is C37H40OSi2. The fourth-order valence-corrected chi connectivity index (χ4v) is 15.5. The van der Waals surface area contributed by atoms with Crippen LogP contribution in [0.15, 0.2) is 118 Å². The first kappa shape index (κ1) is 26.8. The van der Waals surface area contributed by atoms with Gasteiger partial charge in [0.15, 0.2) is 8.07 Å². The maximum absolute atomic E-state index is 6.49. The summed E-state index contributed by atoms with van der Waals surface area (Å²) in [6.45, 7) is 16.6. The third-order valence-corrected chi connectivity index (χ3v) is 16.9. The van der Waals surface area contributed by atoms with Crippen molar-refractivity contribution in [3.8, 4) is 0 Å². The third kappa shape index (κ3) is 4.10. The summed E-state index contributed by atoms with van der Waals surface area (Å²) in [4.78, 5) is 0. The number of rotatable bonds is 6. The van der Waals surface area contributed by atoms with Gasteiger partial charge in [-0.05, 0) is 66.4 Å². The van der Waals surface area contributed by atoms with E-state index in [9.17, 15) is 0 Å². The lowest BCUT2D eigenvalue weighted by Crippen LogP contribution is -2.65. The second-order valence-electron chi connectivity index (χ2n) is 12.7. The summed E-state index contributed by atoms with van der Waals surface area (Å²) in [5.74, 6) is 2.36. The van der Waals surface area contributed by atoms with E-state index in [4.69, 9.17) is 4.42 Å². The highest BCUT2D eigenvalue weighted by molar-refractivity contribution is 7.09. The van der Waals surface area contributed by atoms with Gasteiger partial charge in [-0.2, -0.15) is 0 Å². The lowest BCUT2D eigenvalue weighted by atomic mass is 10.1. The van der Waals surface area contributed by atoms with Crippen LogP contribution in [0.3, 0.4) is 0 Å². The highest BCUT2D eigenvalue weighted by atomic mass is 28.3. The number of aryl methyl sites for hydroxylation is 1. The molecule has 3 heteroatoms. The minimum absolute atomic E-state index is 0.195. The normalized spacial score (nSPS) is 19.1. The van der Waals surface area contributed by atoms with Gasteiger partial charge < -0.3 is 4.42 Å². The van der Waals surface area contributed by atoms with Crippen LogP contribution in [0.5, 0.6) is 0 Å². The van der Waals surface area contributed by atoms with Crippen LogP contribution in [-0.2, 0) is 0 Å². The molecule has 40 heavy (non-hydrogen) atoms. The highest BCUT2D eigenvalue weighted by Crippen LogP contribution is 2.52. The first-order valence-corrected chi connectivity index (χ1v) is 20.1. The number of hydrogen-bond donors (Lipinski definition) is 0. The Bertz CT molecular complexity index is 1620. The zero-order valence-electron chi connectivity index (χ0n) is 24.9. The van der Waals surface area contributed by atoms with Gasteiger partial charge in [-0.1, -0.05) is 133 Å². The van der Waals surface area contributed by atoms with Crippen molar-refractivity contribution in [3.63, 3.8) is 0 Å². The van der Waals surface area contributed by atoms with E-state index in [1.54, 1.807) is 5.20 Å². The molecule has 1 aromatic heterocycles. The first-order valence-electron chi connectivity index (χ1n) is 14.6. The predicted octanol–water partition coefficient (Wildman–Crippen LogP) is 8.03. The van der Waals surface area contributed by atoms with Gasteiger partial charge in [0.1, 0.15) is 11.5 Å². The smallest absolute Gasteiger partial charge is 0.156 e. The molecular weight excluding hydrogens is 517 g/mol. The van der Waals surface area contributed by atoms with Crippen LogP contribution in [0.4, 0.5) is 0 Å². The number of hydrogen-bond acceptors (Lipinski definition) is 1. The van der Waals surface area contributed by atoms with E-state index >= 15 is 0 Å². The summed E-state index contributed by atoms with van der Waals surface area (Å²) in [5.41, 5.74) is 7.35. The van der Waals surface area contributed by atoms with Gasteiger partial charge in [-0.25, -0.2) is 0 Å². The Morgan fingerprint density at radius 1 is 0.675 bits per heavy atom. The lowest BCUT2D eigenvalue weighted by molar-refractivity contribution is 0.520. The monoisotopic (exact) mass is 556 g/mol. The predicted molar refractivity (Wildman–Crippen MR) is 177 cm³/mol. The number of allylic oxidation sites excluding steroid dienone is 5. The third-order valence-electron chi connectivity index (χ3n) is 9.20. The minimum Gasteiger partial charge on any atom is -0.462 e. The minimum atomic E-state index is -2.70. The fraction of sp³-hybridized carbons (Fsp3) is 0.243. The van der Waals surface area contributed by atoms with Gasteiger partial charge in [0.25, 0.3) is 0 Å². The van der Waals surface area contributed by atoms with Gasteiger partial charge in [-0.3, -0.25) is 0 Å². The summed E-state index contributed by atoms with van der Waals surface area (Å²) in [6.07, 6.45) is 4.96.